The van der Waals surface area contributed by atoms with Gasteiger partial charge in [-0.3, -0.25) is 4.79 Å². The fourth-order valence-electron chi connectivity index (χ4n) is 2.12. The summed E-state index contributed by atoms with van der Waals surface area (Å²) in [6.07, 6.45) is 0. The molecule has 0 fully saturated rings. The third-order valence-corrected chi connectivity index (χ3v) is 3.46. The molecule has 21 heavy (non-hydrogen) atoms. The van der Waals surface area contributed by atoms with E-state index in [4.69, 9.17) is 5.73 Å². The van der Waals surface area contributed by atoms with Gasteiger partial charge >= 0.3 is 0 Å². The van der Waals surface area contributed by atoms with Gasteiger partial charge in [0.15, 0.2) is 0 Å². The maximum Gasteiger partial charge on any atom is 0.257 e. The van der Waals surface area contributed by atoms with E-state index in [0.717, 1.165) is 11.3 Å². The monoisotopic (exact) mass is 282 g/mol. The molecule has 1 amide bonds. The van der Waals surface area contributed by atoms with Crippen LogP contribution < -0.4 is 11.1 Å². The van der Waals surface area contributed by atoms with E-state index in [0.29, 0.717) is 11.3 Å². The smallest absolute Gasteiger partial charge is 0.257 e. The van der Waals surface area contributed by atoms with E-state index in [1.165, 1.54) is 5.56 Å². The normalized spacial score (nSPS) is 11.2. The Bertz CT molecular complexity index is 652. The Hall–Kier alpha value is -2.29. The van der Waals surface area contributed by atoms with Crippen LogP contribution in [-0.4, -0.2) is 5.91 Å². The van der Waals surface area contributed by atoms with Crippen molar-refractivity contribution < 1.29 is 4.79 Å². The van der Waals surface area contributed by atoms with Crippen molar-refractivity contribution in [3.8, 4) is 0 Å². The first-order chi connectivity index (χ1) is 9.77. The summed E-state index contributed by atoms with van der Waals surface area (Å²) in [5.41, 5.74) is 9.98. The number of nitrogens with two attached hydrogens (primary N) is 1. The highest BCUT2D eigenvalue weighted by atomic mass is 16.1. The van der Waals surface area contributed by atoms with Gasteiger partial charge in [-0.05, 0) is 42.2 Å². The van der Waals surface area contributed by atoms with Crippen LogP contribution in [0, 0.1) is 6.92 Å². The summed E-state index contributed by atoms with van der Waals surface area (Å²) in [4.78, 5) is 12.3. The minimum atomic E-state index is -0.181. The van der Waals surface area contributed by atoms with Crippen LogP contribution in [0.2, 0.25) is 0 Å². The Balaban J connectivity index is 2.18. The van der Waals surface area contributed by atoms with Crippen LogP contribution in [0.5, 0.6) is 0 Å². The predicted molar refractivity (Wildman–Crippen MR) is 88.7 cm³/mol. The third kappa shape index (κ3) is 3.63. The first kappa shape index (κ1) is 15.1. The first-order valence-electron chi connectivity index (χ1n) is 7.05. The second-order valence-electron chi connectivity index (χ2n) is 6.37. The molecule has 0 aliphatic carbocycles. The van der Waals surface area contributed by atoms with E-state index in [1.807, 2.05) is 37.3 Å². The number of hydrogen-bond donors (Lipinski definition) is 2. The molecule has 3 nitrogen and oxygen atoms in total. The van der Waals surface area contributed by atoms with E-state index < -0.39 is 0 Å². The second-order valence-corrected chi connectivity index (χ2v) is 6.37. The number of carbonyl (C=O) groups excluding carboxylic acids is 1. The van der Waals surface area contributed by atoms with Gasteiger partial charge in [-0.2, -0.15) is 0 Å². The lowest BCUT2D eigenvalue weighted by Gasteiger charge is -2.19. The van der Waals surface area contributed by atoms with E-state index in [1.54, 1.807) is 12.1 Å². The number of carbonyl (C=O) groups is 1. The van der Waals surface area contributed by atoms with Crippen molar-refractivity contribution >= 4 is 17.3 Å². The maximum atomic E-state index is 12.3. The van der Waals surface area contributed by atoms with Crippen molar-refractivity contribution in [1.29, 1.82) is 0 Å². The van der Waals surface area contributed by atoms with Gasteiger partial charge in [0.05, 0.1) is 5.56 Å². The van der Waals surface area contributed by atoms with E-state index in [-0.39, 0.29) is 11.3 Å². The summed E-state index contributed by atoms with van der Waals surface area (Å²) in [5, 5.41) is 2.89. The molecular weight excluding hydrogens is 260 g/mol. The molecule has 0 aliphatic heterocycles. The van der Waals surface area contributed by atoms with Crippen LogP contribution in [0.25, 0.3) is 0 Å². The Morgan fingerprint density at radius 3 is 2.24 bits per heavy atom. The molecule has 2 aromatic rings. The fraction of sp³-hybridized carbons (Fsp3) is 0.278. The zero-order valence-electron chi connectivity index (χ0n) is 13.0. The number of aryl methyl sites for hydroxylation is 1. The molecule has 110 valence electrons. The molecule has 0 radical (unpaired) electrons. The van der Waals surface area contributed by atoms with E-state index in [2.05, 4.69) is 26.1 Å². The van der Waals surface area contributed by atoms with Gasteiger partial charge in [-0.25, -0.2) is 0 Å². The second kappa shape index (κ2) is 5.60. The number of hydrogen-bond acceptors (Lipinski definition) is 2. The van der Waals surface area contributed by atoms with Crippen molar-refractivity contribution in [3.63, 3.8) is 0 Å². The molecule has 0 spiro atoms. The zero-order valence-corrected chi connectivity index (χ0v) is 13.0. The summed E-state index contributed by atoms with van der Waals surface area (Å²) >= 11 is 0. The summed E-state index contributed by atoms with van der Waals surface area (Å²) in [5.74, 6) is -0.181. The Morgan fingerprint density at radius 1 is 1.05 bits per heavy atom. The number of anilines is 2. The maximum absolute atomic E-state index is 12.3. The van der Waals surface area contributed by atoms with Crippen LogP contribution in [0.4, 0.5) is 11.4 Å². The molecular formula is C18H22N2O. The quantitative estimate of drug-likeness (QED) is 0.814. The average Bonchev–Trinajstić information content (AvgIpc) is 2.41. The minimum absolute atomic E-state index is 0.101. The van der Waals surface area contributed by atoms with Crippen LogP contribution in [-0.2, 0) is 5.41 Å². The fourth-order valence-corrected chi connectivity index (χ4v) is 2.12. The molecule has 0 saturated carbocycles. The van der Waals surface area contributed by atoms with Crippen molar-refractivity contribution in [2.24, 2.45) is 0 Å². The lowest BCUT2D eigenvalue weighted by atomic mass is 9.87. The Morgan fingerprint density at radius 2 is 1.67 bits per heavy atom. The van der Waals surface area contributed by atoms with Crippen LogP contribution >= 0.6 is 0 Å². The summed E-state index contributed by atoms with van der Waals surface area (Å²) < 4.78 is 0. The molecule has 0 atom stereocenters. The van der Waals surface area contributed by atoms with E-state index >= 15 is 0 Å². The number of nitrogens with one attached hydrogen (secondary N) is 1. The molecule has 3 heteroatoms. The van der Waals surface area contributed by atoms with Gasteiger partial charge < -0.3 is 11.1 Å². The van der Waals surface area contributed by atoms with Gasteiger partial charge in [-0.15, -0.1) is 0 Å². The zero-order chi connectivity index (χ0) is 15.6. The average molecular weight is 282 g/mol. The minimum Gasteiger partial charge on any atom is -0.398 e. The van der Waals surface area contributed by atoms with Crippen molar-refractivity contribution in [3.05, 3.63) is 59.2 Å². The first-order valence-corrected chi connectivity index (χ1v) is 7.05. The van der Waals surface area contributed by atoms with Crippen LogP contribution in [0.15, 0.2) is 42.5 Å². The van der Waals surface area contributed by atoms with Gasteiger partial charge in [-0.1, -0.05) is 44.5 Å². The summed E-state index contributed by atoms with van der Waals surface area (Å²) in [6.45, 7) is 8.42. The van der Waals surface area contributed by atoms with E-state index in [9.17, 15) is 4.79 Å². The lowest BCUT2D eigenvalue weighted by molar-refractivity contribution is 0.102. The summed E-state index contributed by atoms with van der Waals surface area (Å²) in [6, 6.07) is 13.4. The highest BCUT2D eigenvalue weighted by molar-refractivity contribution is 6.07. The Kier molecular flexibility index (Phi) is 4.03. The number of nitrogen functional groups attached to an aromatic ring is 1. The summed E-state index contributed by atoms with van der Waals surface area (Å²) in [7, 11) is 0. The molecule has 3 N–H and O–H groups in total. The molecule has 0 aliphatic rings. The molecule has 0 heterocycles. The number of benzene rings is 2. The number of rotatable bonds is 2. The SMILES string of the molecule is Cc1ccc(N)c(C(=O)Nc2ccc(C(C)(C)C)cc2)c1. The highest BCUT2D eigenvalue weighted by Gasteiger charge is 2.14. The van der Waals surface area contributed by atoms with Gasteiger partial charge in [0.2, 0.25) is 0 Å². The van der Waals surface area contributed by atoms with Crippen molar-refractivity contribution in [2.45, 2.75) is 33.1 Å². The Labute approximate surface area is 126 Å². The highest BCUT2D eigenvalue weighted by Crippen LogP contribution is 2.24. The van der Waals surface area contributed by atoms with Crippen molar-refractivity contribution in [2.75, 3.05) is 11.1 Å². The van der Waals surface area contributed by atoms with Crippen molar-refractivity contribution in [1.82, 2.24) is 0 Å². The predicted octanol–water partition coefficient (Wildman–Crippen LogP) is 4.13. The molecule has 0 bridgehead atoms. The van der Waals surface area contributed by atoms with Crippen LogP contribution in [0.3, 0.4) is 0 Å². The molecule has 0 aromatic heterocycles. The molecule has 2 rings (SSSR count). The van der Waals surface area contributed by atoms with Gasteiger partial charge in [0.25, 0.3) is 5.91 Å². The van der Waals surface area contributed by atoms with Gasteiger partial charge in [0, 0.05) is 11.4 Å². The van der Waals surface area contributed by atoms with Gasteiger partial charge in [0.1, 0.15) is 0 Å². The third-order valence-electron chi connectivity index (χ3n) is 3.46. The van der Waals surface area contributed by atoms with Crippen LogP contribution in [0.1, 0.15) is 42.3 Å². The molecule has 2 aromatic carbocycles. The molecule has 0 saturated heterocycles. The lowest BCUT2D eigenvalue weighted by Crippen LogP contribution is -2.15. The topological polar surface area (TPSA) is 55.1 Å². The molecule has 0 unspecified atom stereocenters. The standard InChI is InChI=1S/C18H22N2O/c1-12-5-10-16(19)15(11-12)17(21)20-14-8-6-13(7-9-14)18(2,3)4/h5-11H,19H2,1-4H3,(H,20,21). The largest absolute Gasteiger partial charge is 0.398 e. The number of amides is 1.